The van der Waals surface area contributed by atoms with Crippen LogP contribution in [0.3, 0.4) is 0 Å². The monoisotopic (exact) mass is 357 g/mol. The molecular weight excluding hydrogens is 330 g/mol. The number of aryl methyl sites for hydroxylation is 3. The van der Waals surface area contributed by atoms with Crippen molar-refractivity contribution in [2.45, 2.75) is 47.1 Å². The second kappa shape index (κ2) is 8.08. The number of nitrogens with one attached hydrogen (secondary N) is 1. The molecule has 1 unspecified atom stereocenters. The number of carbonyl (C=O) groups excluding carboxylic acids is 1. The molecule has 2 rings (SSSR count). The average Bonchev–Trinajstić information content (AvgIpc) is 2.56. The van der Waals surface area contributed by atoms with Crippen molar-refractivity contribution in [2.75, 3.05) is 12.4 Å². The second-order valence-corrected chi connectivity index (χ2v) is 6.50. The Labute approximate surface area is 154 Å². The van der Waals surface area contributed by atoms with Crippen LogP contribution in [-0.4, -0.2) is 24.0 Å². The highest BCUT2D eigenvalue weighted by atomic mass is 16.5. The van der Waals surface area contributed by atoms with Crippen molar-refractivity contribution < 1.29 is 14.3 Å². The van der Waals surface area contributed by atoms with Crippen molar-refractivity contribution in [1.82, 2.24) is 4.98 Å². The molecule has 3 N–H and O–H groups in total. The molecule has 6 nitrogen and oxygen atoms in total. The Morgan fingerprint density at radius 3 is 2.35 bits per heavy atom. The normalized spacial score (nSPS) is 11.8. The fraction of sp³-hybridized carbons (Fsp3) is 0.400. The Bertz CT molecular complexity index is 795. The van der Waals surface area contributed by atoms with E-state index >= 15 is 0 Å². The van der Waals surface area contributed by atoms with Gasteiger partial charge in [-0.05, 0) is 63.4 Å². The molecule has 140 valence electrons. The van der Waals surface area contributed by atoms with Gasteiger partial charge in [-0.25, -0.2) is 4.98 Å². The van der Waals surface area contributed by atoms with Crippen LogP contribution in [0, 0.1) is 20.8 Å². The number of nitrogens with zero attached hydrogens (tertiary/aromatic N) is 1. The number of benzene rings is 1. The van der Waals surface area contributed by atoms with E-state index < -0.39 is 5.91 Å². The highest BCUT2D eigenvalue weighted by molar-refractivity contribution is 6.01. The van der Waals surface area contributed by atoms with Crippen LogP contribution in [0.25, 0.3) is 0 Å². The lowest BCUT2D eigenvalue weighted by molar-refractivity contribution is 0.0998. The number of rotatable bonds is 7. The van der Waals surface area contributed by atoms with Crippen molar-refractivity contribution in [3.8, 4) is 17.4 Å². The van der Waals surface area contributed by atoms with Gasteiger partial charge in [0.15, 0.2) is 0 Å². The Hall–Kier alpha value is -2.76. The maximum atomic E-state index is 12.1. The van der Waals surface area contributed by atoms with E-state index in [-0.39, 0.29) is 17.5 Å². The van der Waals surface area contributed by atoms with Crippen molar-refractivity contribution >= 4 is 11.6 Å². The SMILES string of the molecule is CCC(C)Nc1cc(C)nc(Oc2c(C)cc(OC)cc2C)c1C(N)=O. The molecule has 0 aliphatic carbocycles. The first-order chi connectivity index (χ1) is 12.3. The summed E-state index contributed by atoms with van der Waals surface area (Å²) in [6, 6.07) is 5.75. The summed E-state index contributed by atoms with van der Waals surface area (Å²) in [6.07, 6.45) is 0.909. The lowest BCUT2D eigenvalue weighted by Gasteiger charge is -2.19. The largest absolute Gasteiger partial charge is 0.497 e. The van der Waals surface area contributed by atoms with Gasteiger partial charge in [-0.15, -0.1) is 0 Å². The number of ether oxygens (including phenoxy) is 2. The highest BCUT2D eigenvalue weighted by Gasteiger charge is 2.21. The third kappa shape index (κ3) is 4.25. The Morgan fingerprint density at radius 2 is 1.85 bits per heavy atom. The minimum atomic E-state index is -0.581. The second-order valence-electron chi connectivity index (χ2n) is 6.50. The summed E-state index contributed by atoms with van der Waals surface area (Å²) >= 11 is 0. The van der Waals surface area contributed by atoms with Gasteiger partial charge in [0.05, 0.1) is 12.8 Å². The van der Waals surface area contributed by atoms with E-state index in [9.17, 15) is 4.79 Å². The summed E-state index contributed by atoms with van der Waals surface area (Å²) in [5.74, 6) is 1.02. The van der Waals surface area contributed by atoms with Gasteiger partial charge in [0.25, 0.3) is 5.91 Å². The van der Waals surface area contributed by atoms with Gasteiger partial charge in [0.1, 0.15) is 17.1 Å². The van der Waals surface area contributed by atoms with Gasteiger partial charge in [-0.1, -0.05) is 6.92 Å². The van der Waals surface area contributed by atoms with Crippen molar-refractivity contribution in [1.29, 1.82) is 0 Å². The summed E-state index contributed by atoms with van der Waals surface area (Å²) in [6.45, 7) is 9.80. The minimum Gasteiger partial charge on any atom is -0.497 e. The van der Waals surface area contributed by atoms with Crippen LogP contribution in [0.5, 0.6) is 17.4 Å². The fourth-order valence-electron chi connectivity index (χ4n) is 2.72. The van der Waals surface area contributed by atoms with E-state index in [4.69, 9.17) is 15.2 Å². The summed E-state index contributed by atoms with van der Waals surface area (Å²) < 4.78 is 11.3. The molecule has 0 radical (unpaired) electrons. The zero-order valence-electron chi connectivity index (χ0n) is 16.3. The molecule has 0 bridgehead atoms. The third-order valence-corrected chi connectivity index (χ3v) is 4.24. The number of methoxy groups -OCH3 is 1. The number of aromatic nitrogens is 1. The van der Waals surface area contributed by atoms with Crippen LogP contribution in [0.1, 0.15) is 47.4 Å². The maximum absolute atomic E-state index is 12.1. The van der Waals surface area contributed by atoms with E-state index in [2.05, 4.69) is 17.2 Å². The van der Waals surface area contributed by atoms with Gasteiger partial charge in [-0.2, -0.15) is 0 Å². The van der Waals surface area contributed by atoms with Gasteiger partial charge in [0.2, 0.25) is 5.88 Å². The van der Waals surface area contributed by atoms with Gasteiger partial charge in [0, 0.05) is 11.7 Å². The summed E-state index contributed by atoms with van der Waals surface area (Å²) in [5, 5.41) is 3.32. The quantitative estimate of drug-likeness (QED) is 0.778. The Kier molecular flexibility index (Phi) is 6.08. The molecule has 0 spiro atoms. The zero-order valence-corrected chi connectivity index (χ0v) is 16.3. The van der Waals surface area contributed by atoms with Gasteiger partial charge >= 0.3 is 0 Å². The lowest BCUT2D eigenvalue weighted by Crippen LogP contribution is -2.21. The van der Waals surface area contributed by atoms with Crippen molar-refractivity contribution in [3.05, 3.63) is 40.6 Å². The van der Waals surface area contributed by atoms with E-state index in [1.54, 1.807) is 7.11 Å². The minimum absolute atomic E-state index is 0.187. The Balaban J connectivity index is 2.54. The molecule has 0 aliphatic heterocycles. The molecule has 6 heteroatoms. The number of primary amides is 1. The predicted octanol–water partition coefficient (Wildman–Crippen LogP) is 4.12. The average molecular weight is 357 g/mol. The van der Waals surface area contributed by atoms with E-state index in [0.29, 0.717) is 11.4 Å². The van der Waals surface area contributed by atoms with Crippen molar-refractivity contribution in [3.63, 3.8) is 0 Å². The fourth-order valence-corrected chi connectivity index (χ4v) is 2.72. The van der Waals surface area contributed by atoms with Crippen molar-refractivity contribution in [2.24, 2.45) is 5.73 Å². The molecule has 0 aliphatic rings. The topological polar surface area (TPSA) is 86.5 Å². The van der Waals surface area contributed by atoms with Crippen LogP contribution in [0.2, 0.25) is 0 Å². The van der Waals surface area contributed by atoms with Gasteiger partial charge in [-0.3, -0.25) is 4.79 Å². The highest BCUT2D eigenvalue weighted by Crippen LogP contribution is 2.35. The number of hydrogen-bond acceptors (Lipinski definition) is 5. The standard InChI is InChI=1S/C20H27N3O3/c1-7-13(4)22-16-10-14(5)23-20(17(16)19(21)24)26-18-11(2)8-15(25-6)9-12(18)3/h8-10,13H,7H2,1-6H3,(H2,21,24)(H,22,23). The maximum Gasteiger partial charge on any atom is 0.256 e. The third-order valence-electron chi connectivity index (χ3n) is 4.24. The van der Waals surface area contributed by atoms with Crippen LogP contribution in [0.4, 0.5) is 5.69 Å². The summed E-state index contributed by atoms with van der Waals surface area (Å²) in [4.78, 5) is 16.5. The Morgan fingerprint density at radius 1 is 1.23 bits per heavy atom. The molecule has 1 atom stereocenters. The molecule has 0 saturated heterocycles. The molecule has 1 aromatic carbocycles. The smallest absolute Gasteiger partial charge is 0.256 e. The molecule has 1 amide bonds. The van der Waals surface area contributed by atoms with Crippen LogP contribution < -0.4 is 20.5 Å². The van der Waals surface area contributed by atoms with E-state index in [1.807, 2.05) is 45.9 Å². The molecule has 1 aromatic heterocycles. The van der Waals surface area contributed by atoms with Crippen LogP contribution >= 0.6 is 0 Å². The number of pyridine rings is 1. The molecule has 1 heterocycles. The molecule has 0 saturated carbocycles. The van der Waals surface area contributed by atoms with Gasteiger partial charge < -0.3 is 20.5 Å². The van der Waals surface area contributed by atoms with Crippen LogP contribution in [-0.2, 0) is 0 Å². The zero-order chi connectivity index (χ0) is 19.4. The first-order valence-electron chi connectivity index (χ1n) is 8.67. The predicted molar refractivity (Wildman–Crippen MR) is 103 cm³/mol. The number of hydrogen-bond donors (Lipinski definition) is 2. The number of nitrogens with two attached hydrogens (primary N) is 1. The number of carbonyl (C=O) groups is 1. The number of anilines is 1. The first kappa shape index (κ1) is 19.6. The molecule has 2 aromatic rings. The molecular formula is C20H27N3O3. The van der Waals surface area contributed by atoms with E-state index in [1.165, 1.54) is 0 Å². The lowest BCUT2D eigenvalue weighted by atomic mass is 10.1. The summed E-state index contributed by atoms with van der Waals surface area (Å²) in [7, 11) is 1.62. The first-order valence-corrected chi connectivity index (χ1v) is 8.67. The van der Waals surface area contributed by atoms with E-state index in [0.717, 1.165) is 29.0 Å². The molecule has 0 fully saturated rings. The summed E-state index contributed by atoms with van der Waals surface area (Å²) in [5.41, 5.74) is 9.04. The van der Waals surface area contributed by atoms with Crippen LogP contribution in [0.15, 0.2) is 18.2 Å². The molecule has 26 heavy (non-hydrogen) atoms. The number of amides is 1.